The number of benzene rings is 1. The van der Waals surface area contributed by atoms with Crippen LogP contribution in [0.5, 0.6) is 0 Å². The van der Waals surface area contributed by atoms with Crippen LogP contribution >= 0.6 is 11.3 Å². The standard InChI is InChI=1S/C13H14F2N4O2S/c14-10(15)11-18-19-13(22-11)17-12(21)16-7-9(20)6-8-4-2-1-3-5-8/h1-5,9-10,20H,6-7H2,(H2,16,17,19,21). The van der Waals surface area contributed by atoms with Crippen LogP contribution in [-0.2, 0) is 6.42 Å². The zero-order valence-corrected chi connectivity index (χ0v) is 12.2. The van der Waals surface area contributed by atoms with E-state index in [-0.39, 0.29) is 11.7 Å². The van der Waals surface area contributed by atoms with Crippen LogP contribution in [0.15, 0.2) is 30.3 Å². The van der Waals surface area contributed by atoms with Crippen molar-refractivity contribution in [2.45, 2.75) is 19.0 Å². The molecule has 2 rings (SSSR count). The maximum atomic E-state index is 12.3. The first-order chi connectivity index (χ1) is 10.5. The molecule has 0 bridgehead atoms. The van der Waals surface area contributed by atoms with Gasteiger partial charge in [0, 0.05) is 13.0 Å². The van der Waals surface area contributed by atoms with E-state index in [2.05, 4.69) is 20.8 Å². The Bertz CT molecular complexity index is 609. The fourth-order valence-corrected chi connectivity index (χ4v) is 2.28. The molecule has 0 fully saturated rings. The fraction of sp³-hybridized carbons (Fsp3) is 0.308. The lowest BCUT2D eigenvalue weighted by Crippen LogP contribution is -2.36. The lowest BCUT2D eigenvalue weighted by molar-refractivity contribution is 0.150. The van der Waals surface area contributed by atoms with E-state index in [1.807, 2.05) is 30.3 Å². The normalized spacial score (nSPS) is 12.2. The average molecular weight is 328 g/mol. The van der Waals surface area contributed by atoms with E-state index >= 15 is 0 Å². The first-order valence-electron chi connectivity index (χ1n) is 6.43. The Morgan fingerprint density at radius 3 is 2.64 bits per heavy atom. The first kappa shape index (κ1) is 16.2. The average Bonchev–Trinajstić information content (AvgIpc) is 2.95. The molecule has 0 saturated carbocycles. The van der Waals surface area contributed by atoms with Crippen LogP contribution < -0.4 is 10.6 Å². The smallest absolute Gasteiger partial charge is 0.321 e. The minimum Gasteiger partial charge on any atom is -0.391 e. The van der Waals surface area contributed by atoms with Gasteiger partial charge in [-0.1, -0.05) is 41.7 Å². The topological polar surface area (TPSA) is 87.1 Å². The molecule has 0 aliphatic heterocycles. The number of aliphatic hydroxyl groups excluding tert-OH is 1. The van der Waals surface area contributed by atoms with Crippen molar-refractivity contribution in [2.24, 2.45) is 0 Å². The van der Waals surface area contributed by atoms with Crippen LogP contribution in [0.3, 0.4) is 0 Å². The van der Waals surface area contributed by atoms with Gasteiger partial charge in [-0.15, -0.1) is 10.2 Å². The molecule has 0 aliphatic carbocycles. The summed E-state index contributed by atoms with van der Waals surface area (Å²) in [6.45, 7) is 0.0290. The van der Waals surface area contributed by atoms with Crippen molar-refractivity contribution in [3.05, 3.63) is 40.9 Å². The van der Waals surface area contributed by atoms with Gasteiger partial charge in [-0.3, -0.25) is 5.32 Å². The van der Waals surface area contributed by atoms with Crippen molar-refractivity contribution < 1.29 is 18.7 Å². The lowest BCUT2D eigenvalue weighted by atomic mass is 10.1. The Morgan fingerprint density at radius 1 is 1.27 bits per heavy atom. The summed E-state index contributed by atoms with van der Waals surface area (Å²) in [5.74, 6) is 0. The highest BCUT2D eigenvalue weighted by atomic mass is 32.1. The van der Waals surface area contributed by atoms with Crippen LogP contribution in [0.25, 0.3) is 0 Å². The summed E-state index contributed by atoms with van der Waals surface area (Å²) in [5, 5.41) is 20.7. The summed E-state index contributed by atoms with van der Waals surface area (Å²) in [6.07, 6.45) is -3.07. The van der Waals surface area contributed by atoms with E-state index < -0.39 is 23.6 Å². The third-order valence-electron chi connectivity index (χ3n) is 2.66. The summed E-state index contributed by atoms with van der Waals surface area (Å²) >= 11 is 0.600. The summed E-state index contributed by atoms with van der Waals surface area (Å²) < 4.78 is 24.7. The highest BCUT2D eigenvalue weighted by Gasteiger charge is 2.15. The fourth-order valence-electron chi connectivity index (χ4n) is 1.68. The van der Waals surface area contributed by atoms with Crippen LogP contribution in [0.4, 0.5) is 18.7 Å². The number of rotatable bonds is 6. The number of carbonyl (C=O) groups is 1. The van der Waals surface area contributed by atoms with Gasteiger partial charge < -0.3 is 10.4 Å². The number of aliphatic hydroxyl groups is 1. The van der Waals surface area contributed by atoms with E-state index in [1.165, 1.54) is 0 Å². The monoisotopic (exact) mass is 328 g/mol. The number of aromatic nitrogens is 2. The van der Waals surface area contributed by atoms with E-state index in [9.17, 15) is 18.7 Å². The molecule has 1 unspecified atom stereocenters. The molecule has 1 atom stereocenters. The summed E-state index contributed by atoms with van der Waals surface area (Å²) in [5.41, 5.74) is 0.947. The molecule has 0 saturated heterocycles. The molecule has 22 heavy (non-hydrogen) atoms. The molecule has 2 amide bonds. The van der Waals surface area contributed by atoms with Crippen molar-refractivity contribution in [3.8, 4) is 0 Å². The lowest BCUT2D eigenvalue weighted by Gasteiger charge is -2.11. The van der Waals surface area contributed by atoms with Crippen LogP contribution in [0.2, 0.25) is 0 Å². The Kier molecular flexibility index (Phi) is 5.73. The van der Waals surface area contributed by atoms with Gasteiger partial charge in [0.2, 0.25) is 5.13 Å². The van der Waals surface area contributed by atoms with Gasteiger partial charge in [0.15, 0.2) is 5.01 Å². The number of carbonyl (C=O) groups excluding carboxylic acids is 1. The molecule has 1 aromatic heterocycles. The van der Waals surface area contributed by atoms with Gasteiger partial charge >= 0.3 is 6.03 Å². The summed E-state index contributed by atoms with van der Waals surface area (Å²) in [6, 6.07) is 8.70. The summed E-state index contributed by atoms with van der Waals surface area (Å²) in [4.78, 5) is 11.6. The van der Waals surface area contributed by atoms with Crippen LogP contribution in [0, 0.1) is 0 Å². The Balaban J connectivity index is 1.75. The third kappa shape index (κ3) is 5.01. The third-order valence-corrected chi connectivity index (χ3v) is 3.51. The Hall–Kier alpha value is -2.13. The largest absolute Gasteiger partial charge is 0.391 e. The van der Waals surface area contributed by atoms with Gasteiger partial charge in [-0.05, 0) is 5.56 Å². The predicted molar refractivity (Wildman–Crippen MR) is 78.0 cm³/mol. The molecular formula is C13H14F2N4O2S. The highest BCUT2D eigenvalue weighted by Crippen LogP contribution is 2.24. The molecule has 0 spiro atoms. The number of nitrogens with one attached hydrogen (secondary N) is 2. The number of hydrogen-bond acceptors (Lipinski definition) is 5. The number of halogens is 2. The van der Waals surface area contributed by atoms with Gasteiger partial charge in [-0.2, -0.15) is 0 Å². The molecule has 0 aliphatic rings. The predicted octanol–water partition coefficient (Wildman–Crippen LogP) is 2.20. The van der Waals surface area contributed by atoms with Crippen LogP contribution in [-0.4, -0.2) is 34.0 Å². The molecule has 1 aromatic carbocycles. The van der Waals surface area contributed by atoms with Gasteiger partial charge in [0.05, 0.1) is 6.10 Å². The zero-order valence-electron chi connectivity index (χ0n) is 11.4. The molecule has 1 heterocycles. The van der Waals surface area contributed by atoms with Gasteiger partial charge in [-0.25, -0.2) is 13.6 Å². The van der Waals surface area contributed by atoms with Gasteiger partial charge in [0.25, 0.3) is 6.43 Å². The van der Waals surface area contributed by atoms with Crippen molar-refractivity contribution in [1.82, 2.24) is 15.5 Å². The number of amides is 2. The Morgan fingerprint density at radius 2 is 2.00 bits per heavy atom. The Labute approximate surface area is 129 Å². The summed E-state index contributed by atoms with van der Waals surface area (Å²) in [7, 11) is 0. The minimum absolute atomic E-state index is 0.0228. The SMILES string of the molecule is O=C(NCC(O)Cc1ccccc1)Nc1nnc(C(F)F)s1. The minimum atomic E-state index is -2.72. The van der Waals surface area contributed by atoms with Crippen LogP contribution in [0.1, 0.15) is 17.0 Å². The number of alkyl halides is 2. The zero-order chi connectivity index (χ0) is 15.9. The first-order valence-corrected chi connectivity index (χ1v) is 7.24. The van der Waals surface area contributed by atoms with E-state index in [4.69, 9.17) is 0 Å². The maximum Gasteiger partial charge on any atom is 0.321 e. The second kappa shape index (κ2) is 7.76. The number of urea groups is 1. The van der Waals surface area contributed by atoms with Crippen molar-refractivity contribution >= 4 is 22.5 Å². The van der Waals surface area contributed by atoms with Gasteiger partial charge in [0.1, 0.15) is 0 Å². The maximum absolute atomic E-state index is 12.3. The molecule has 3 N–H and O–H groups in total. The van der Waals surface area contributed by atoms with Crippen molar-refractivity contribution in [2.75, 3.05) is 11.9 Å². The molecular weight excluding hydrogens is 314 g/mol. The molecule has 9 heteroatoms. The van der Waals surface area contributed by atoms with E-state index in [1.54, 1.807) is 0 Å². The van der Waals surface area contributed by atoms with Crippen molar-refractivity contribution in [1.29, 1.82) is 0 Å². The quantitative estimate of drug-likeness (QED) is 0.759. The second-order valence-electron chi connectivity index (χ2n) is 4.42. The molecule has 6 nitrogen and oxygen atoms in total. The highest BCUT2D eigenvalue weighted by molar-refractivity contribution is 7.15. The molecule has 118 valence electrons. The van der Waals surface area contributed by atoms with E-state index in [0.29, 0.717) is 17.8 Å². The number of nitrogens with zero attached hydrogens (tertiary/aromatic N) is 2. The number of anilines is 1. The second-order valence-corrected chi connectivity index (χ2v) is 5.43. The van der Waals surface area contributed by atoms with E-state index in [0.717, 1.165) is 5.56 Å². The number of hydrogen-bond donors (Lipinski definition) is 3. The molecule has 0 radical (unpaired) electrons. The molecule has 2 aromatic rings. The van der Waals surface area contributed by atoms with Crippen molar-refractivity contribution in [3.63, 3.8) is 0 Å².